The van der Waals surface area contributed by atoms with Gasteiger partial charge in [0.2, 0.25) is 0 Å². The van der Waals surface area contributed by atoms with Crippen LogP contribution in [0.5, 0.6) is 0 Å². The van der Waals surface area contributed by atoms with Gasteiger partial charge in [0.1, 0.15) is 11.8 Å². The Kier molecular flexibility index (Phi) is 6.56. The van der Waals surface area contributed by atoms with Crippen molar-refractivity contribution < 1.29 is 25.6 Å². The third-order valence-electron chi connectivity index (χ3n) is 8.67. The predicted octanol–water partition coefficient (Wildman–Crippen LogP) is 9.11. The maximum Gasteiger partial charge on any atom is 2.00 e. The molecule has 7 nitrogen and oxygen atoms in total. The number of hydrogen-bond acceptors (Lipinski definition) is 5. The second-order valence-electron chi connectivity index (χ2n) is 11.4. The molecule has 0 aliphatic carbocycles. The SMILES string of the molecule is [Pt+2].[c-]1c(-c2cccc3ccc(-c4ncnc5nc6c7ccccc7on6c45)[c-]c23)cccc1-c1nc2ccccc2n1-c1ccccc1. The third kappa shape index (κ3) is 4.32. The molecule has 0 unspecified atom stereocenters. The van der Waals surface area contributed by atoms with Gasteiger partial charge in [-0.2, -0.15) is 4.57 Å². The van der Waals surface area contributed by atoms with Gasteiger partial charge in [0, 0.05) is 11.4 Å². The molecule has 8 heteroatoms. The van der Waals surface area contributed by atoms with E-state index in [1.54, 1.807) is 10.9 Å². The van der Waals surface area contributed by atoms with Crippen molar-refractivity contribution >= 4 is 49.6 Å². The van der Waals surface area contributed by atoms with Gasteiger partial charge >= 0.3 is 21.1 Å². The largest absolute Gasteiger partial charge is 2.00 e. The van der Waals surface area contributed by atoms with Crippen LogP contribution < -0.4 is 0 Å². The van der Waals surface area contributed by atoms with Crippen LogP contribution in [0.2, 0.25) is 0 Å². The van der Waals surface area contributed by atoms with Crippen molar-refractivity contribution in [3.05, 3.63) is 146 Å². The number of aromatic nitrogens is 6. The first-order valence-electron chi connectivity index (χ1n) is 15.3. The molecule has 6 aromatic carbocycles. The molecule has 0 spiro atoms. The smallest absolute Gasteiger partial charge is 0.373 e. The summed E-state index contributed by atoms with van der Waals surface area (Å²) in [4.78, 5) is 19.0. The average Bonchev–Trinajstić information content (AvgIpc) is 3.82. The predicted molar refractivity (Wildman–Crippen MR) is 184 cm³/mol. The fourth-order valence-electron chi connectivity index (χ4n) is 6.54. The minimum absolute atomic E-state index is 0. The Balaban J connectivity index is 0.00000314. The molecule has 0 amide bonds. The Morgan fingerprint density at radius 2 is 1.44 bits per heavy atom. The van der Waals surface area contributed by atoms with Crippen molar-refractivity contribution in [1.29, 1.82) is 0 Å². The van der Waals surface area contributed by atoms with Crippen LogP contribution in [0.25, 0.3) is 89.0 Å². The van der Waals surface area contributed by atoms with Crippen LogP contribution in [0, 0.1) is 12.1 Å². The summed E-state index contributed by atoms with van der Waals surface area (Å²) < 4.78 is 10.1. The summed E-state index contributed by atoms with van der Waals surface area (Å²) in [7, 11) is 0. The van der Waals surface area contributed by atoms with Crippen LogP contribution in [0.15, 0.2) is 138 Å². The van der Waals surface area contributed by atoms with Crippen molar-refractivity contribution in [3.63, 3.8) is 0 Å². The molecule has 0 radical (unpaired) electrons. The molecule has 228 valence electrons. The molecule has 0 atom stereocenters. The maximum atomic E-state index is 6.21. The standard InChI is InChI=1S/C40H22N6O.Pt/c1-2-13-29(14-3-1)45-34-18-6-5-17-33(34)43-39(45)28-12-8-11-26(22-28)30-16-9-10-25-20-21-27(23-32(25)30)36-37-38(42-24-41-36)44-40-31-15-4-7-19-35(31)47-46(37)40;/h1-21,24H;/q-2;+2. The van der Waals surface area contributed by atoms with E-state index in [9.17, 15) is 0 Å². The zero-order valence-electron chi connectivity index (χ0n) is 25.1. The van der Waals surface area contributed by atoms with Gasteiger partial charge in [-0.15, -0.1) is 53.4 Å². The van der Waals surface area contributed by atoms with Crippen LogP contribution in [0.4, 0.5) is 0 Å². The number of benzene rings is 6. The summed E-state index contributed by atoms with van der Waals surface area (Å²) >= 11 is 0. The second-order valence-corrected chi connectivity index (χ2v) is 11.4. The fraction of sp³-hybridized carbons (Fsp3) is 0. The van der Waals surface area contributed by atoms with Crippen molar-refractivity contribution in [2.75, 3.05) is 0 Å². The molecule has 48 heavy (non-hydrogen) atoms. The Morgan fingerprint density at radius 1 is 0.625 bits per heavy atom. The first kappa shape index (κ1) is 28.3. The van der Waals surface area contributed by atoms with Crippen molar-refractivity contribution in [2.45, 2.75) is 0 Å². The number of nitrogens with zero attached hydrogens (tertiary/aromatic N) is 6. The van der Waals surface area contributed by atoms with Crippen molar-refractivity contribution in [1.82, 2.24) is 29.1 Å². The average molecular weight is 798 g/mol. The minimum Gasteiger partial charge on any atom is -0.373 e. The van der Waals surface area contributed by atoms with E-state index in [1.165, 1.54) is 0 Å². The quantitative estimate of drug-likeness (QED) is 0.166. The monoisotopic (exact) mass is 797 g/mol. The summed E-state index contributed by atoms with van der Waals surface area (Å²) in [6, 6.07) is 50.5. The summed E-state index contributed by atoms with van der Waals surface area (Å²) in [5.74, 6) is 0.836. The number of imidazole rings is 2. The molecule has 4 aromatic heterocycles. The van der Waals surface area contributed by atoms with Crippen LogP contribution in [-0.4, -0.2) is 29.1 Å². The molecule has 10 aromatic rings. The van der Waals surface area contributed by atoms with Gasteiger partial charge in [-0.3, -0.25) is 9.97 Å². The van der Waals surface area contributed by atoms with Crippen LogP contribution >= 0.6 is 0 Å². The van der Waals surface area contributed by atoms with Gasteiger partial charge in [0.25, 0.3) is 0 Å². The Hall–Kier alpha value is -5.91. The number of fused-ring (bicyclic) bond motifs is 7. The first-order chi connectivity index (χ1) is 23.3. The van der Waals surface area contributed by atoms with Crippen molar-refractivity contribution in [3.8, 4) is 39.5 Å². The summed E-state index contributed by atoms with van der Waals surface area (Å²) in [6.45, 7) is 0. The van der Waals surface area contributed by atoms with E-state index in [-0.39, 0.29) is 21.1 Å². The fourth-order valence-corrected chi connectivity index (χ4v) is 6.54. The molecule has 0 bridgehead atoms. The van der Waals surface area contributed by atoms with E-state index < -0.39 is 0 Å². The van der Waals surface area contributed by atoms with Crippen LogP contribution in [-0.2, 0) is 21.1 Å². The normalized spacial score (nSPS) is 11.6. The van der Waals surface area contributed by atoms with Gasteiger partial charge in [-0.1, -0.05) is 82.7 Å². The molecule has 0 saturated heterocycles. The molecular formula is C40H22N6OPt. The van der Waals surface area contributed by atoms with E-state index in [0.717, 1.165) is 66.5 Å². The molecule has 0 N–H and O–H groups in total. The number of rotatable bonds is 4. The molecule has 10 rings (SSSR count). The van der Waals surface area contributed by atoms with Gasteiger partial charge < -0.3 is 9.09 Å². The Morgan fingerprint density at radius 3 is 2.38 bits per heavy atom. The van der Waals surface area contributed by atoms with Gasteiger partial charge in [0.05, 0.1) is 22.2 Å². The van der Waals surface area contributed by atoms with Gasteiger partial charge in [0.15, 0.2) is 16.9 Å². The molecule has 0 fully saturated rings. The van der Waals surface area contributed by atoms with E-state index >= 15 is 0 Å². The second kappa shape index (κ2) is 11.1. The van der Waals surface area contributed by atoms with Gasteiger partial charge in [-0.05, 0) is 36.4 Å². The molecule has 0 aliphatic rings. The number of hydrogen-bond donors (Lipinski definition) is 0. The van der Waals surface area contributed by atoms with E-state index in [0.29, 0.717) is 22.5 Å². The van der Waals surface area contributed by atoms with Gasteiger partial charge in [-0.25, -0.2) is 9.97 Å². The zero-order valence-corrected chi connectivity index (χ0v) is 27.4. The molecule has 4 heterocycles. The first-order valence-corrected chi connectivity index (χ1v) is 15.3. The van der Waals surface area contributed by atoms with E-state index in [2.05, 4.69) is 82.3 Å². The Labute approximate surface area is 288 Å². The van der Waals surface area contributed by atoms with E-state index in [1.807, 2.05) is 66.7 Å². The maximum absolute atomic E-state index is 6.21. The summed E-state index contributed by atoms with van der Waals surface area (Å²) in [5.41, 5.74) is 10.2. The molecule has 0 aliphatic heterocycles. The topological polar surface area (TPSA) is 74.0 Å². The van der Waals surface area contributed by atoms with Crippen LogP contribution in [0.3, 0.4) is 0 Å². The third-order valence-corrected chi connectivity index (χ3v) is 8.67. The number of para-hydroxylation sites is 4. The zero-order chi connectivity index (χ0) is 30.9. The summed E-state index contributed by atoms with van der Waals surface area (Å²) in [6.07, 6.45) is 1.55. The van der Waals surface area contributed by atoms with Crippen molar-refractivity contribution in [2.24, 2.45) is 0 Å². The summed E-state index contributed by atoms with van der Waals surface area (Å²) in [5, 5.41) is 2.96. The van der Waals surface area contributed by atoms with E-state index in [4.69, 9.17) is 19.5 Å². The molecule has 0 saturated carbocycles. The minimum atomic E-state index is 0. The molecular weight excluding hydrogens is 776 g/mol. The van der Waals surface area contributed by atoms with Crippen LogP contribution in [0.1, 0.15) is 0 Å². The Bertz CT molecular complexity index is 2820.